The molecule has 0 radical (unpaired) electrons. The van der Waals surface area contributed by atoms with E-state index < -0.39 is 0 Å². The third kappa shape index (κ3) is 2.57. The van der Waals surface area contributed by atoms with Crippen LogP contribution in [0.4, 0.5) is 0 Å². The molecule has 1 aromatic rings. The fourth-order valence-corrected chi connectivity index (χ4v) is 1.34. The Balaban J connectivity index is 2.87. The third-order valence-corrected chi connectivity index (χ3v) is 2.36. The van der Waals surface area contributed by atoms with E-state index in [1.807, 2.05) is 13.0 Å². The van der Waals surface area contributed by atoms with Crippen molar-refractivity contribution in [1.29, 1.82) is 0 Å². The van der Waals surface area contributed by atoms with Crippen molar-refractivity contribution in [2.75, 3.05) is 0 Å². The van der Waals surface area contributed by atoms with Gasteiger partial charge in [-0.2, -0.15) is 0 Å². The molecule has 0 spiro atoms. The van der Waals surface area contributed by atoms with Crippen molar-refractivity contribution in [3.05, 3.63) is 34.3 Å². The second kappa shape index (κ2) is 4.77. The summed E-state index contributed by atoms with van der Waals surface area (Å²) in [6, 6.07) is 5.38. The molecular formula is C10H10ClNO2. The molecule has 0 unspecified atom stereocenters. The van der Waals surface area contributed by atoms with Crippen molar-refractivity contribution in [3.63, 3.8) is 0 Å². The Morgan fingerprint density at radius 2 is 2.36 bits per heavy atom. The fourth-order valence-electron chi connectivity index (χ4n) is 1.14. The highest BCUT2D eigenvalue weighted by molar-refractivity contribution is 6.31. The van der Waals surface area contributed by atoms with Crippen LogP contribution in [0, 0.1) is 6.92 Å². The van der Waals surface area contributed by atoms with Gasteiger partial charge in [0.05, 0.1) is 0 Å². The zero-order valence-corrected chi connectivity index (χ0v) is 8.45. The highest BCUT2D eigenvalue weighted by Crippen LogP contribution is 2.18. The first-order valence-corrected chi connectivity index (χ1v) is 4.47. The maximum Gasteiger partial charge on any atom is 0.181 e. The van der Waals surface area contributed by atoms with Gasteiger partial charge in [-0.15, -0.1) is 0 Å². The van der Waals surface area contributed by atoms with Crippen molar-refractivity contribution in [2.24, 2.45) is 5.16 Å². The first-order valence-electron chi connectivity index (χ1n) is 4.09. The molecule has 0 aliphatic heterocycles. The standard InChI is InChI=1S/C10H10ClNO2/c1-7-8(3-2-4-10(7)11)5-9(13)6-12-14/h2-4,6,14H,5H2,1H3/b12-6+. The lowest BCUT2D eigenvalue weighted by Crippen LogP contribution is -2.05. The van der Waals surface area contributed by atoms with E-state index in [0.717, 1.165) is 17.3 Å². The van der Waals surface area contributed by atoms with E-state index in [0.29, 0.717) is 5.02 Å². The number of hydrogen-bond donors (Lipinski definition) is 1. The highest BCUT2D eigenvalue weighted by Gasteiger charge is 2.05. The predicted molar refractivity (Wildman–Crippen MR) is 55.2 cm³/mol. The van der Waals surface area contributed by atoms with Crippen LogP contribution in [-0.2, 0) is 11.2 Å². The van der Waals surface area contributed by atoms with Crippen LogP contribution < -0.4 is 0 Å². The largest absolute Gasteiger partial charge is 0.411 e. The maximum atomic E-state index is 11.1. The summed E-state index contributed by atoms with van der Waals surface area (Å²) in [5, 5.41) is 11.5. The van der Waals surface area contributed by atoms with Crippen molar-refractivity contribution < 1.29 is 10.0 Å². The monoisotopic (exact) mass is 211 g/mol. The van der Waals surface area contributed by atoms with E-state index in [1.165, 1.54) is 0 Å². The Labute approximate surface area is 87.0 Å². The number of carbonyl (C=O) groups excluding carboxylic acids is 1. The summed E-state index contributed by atoms with van der Waals surface area (Å²) in [5.74, 6) is -0.252. The number of oxime groups is 1. The average Bonchev–Trinajstić information content (AvgIpc) is 2.13. The van der Waals surface area contributed by atoms with Gasteiger partial charge in [-0.1, -0.05) is 28.9 Å². The lowest BCUT2D eigenvalue weighted by molar-refractivity contribution is -0.112. The molecule has 1 aromatic carbocycles. The Morgan fingerprint density at radius 3 is 3.00 bits per heavy atom. The minimum atomic E-state index is -0.252. The first-order chi connectivity index (χ1) is 6.65. The molecule has 0 saturated heterocycles. The minimum absolute atomic E-state index is 0.205. The molecule has 0 aliphatic carbocycles. The Kier molecular flexibility index (Phi) is 3.65. The summed E-state index contributed by atoms with van der Waals surface area (Å²) in [6.07, 6.45) is 1.09. The second-order valence-corrected chi connectivity index (χ2v) is 3.32. The Morgan fingerprint density at radius 1 is 1.64 bits per heavy atom. The Hall–Kier alpha value is -1.35. The van der Waals surface area contributed by atoms with Gasteiger partial charge in [0.1, 0.15) is 6.21 Å². The molecule has 74 valence electrons. The van der Waals surface area contributed by atoms with E-state index >= 15 is 0 Å². The maximum absolute atomic E-state index is 11.1. The number of benzene rings is 1. The SMILES string of the molecule is Cc1c(Cl)cccc1CC(=O)/C=N/O. The van der Waals surface area contributed by atoms with Crippen LogP contribution >= 0.6 is 11.6 Å². The lowest BCUT2D eigenvalue weighted by Gasteiger charge is -2.04. The van der Waals surface area contributed by atoms with Gasteiger partial charge in [-0.3, -0.25) is 4.79 Å². The summed E-state index contributed by atoms with van der Waals surface area (Å²) >= 11 is 5.88. The van der Waals surface area contributed by atoms with Crippen LogP contribution in [-0.4, -0.2) is 17.2 Å². The second-order valence-electron chi connectivity index (χ2n) is 2.91. The molecule has 0 fully saturated rings. The third-order valence-electron chi connectivity index (χ3n) is 1.95. The number of hydrogen-bond acceptors (Lipinski definition) is 3. The van der Waals surface area contributed by atoms with Gasteiger partial charge in [0.2, 0.25) is 0 Å². The summed E-state index contributed by atoms with van der Waals surface area (Å²) in [4.78, 5) is 11.1. The van der Waals surface area contributed by atoms with E-state index in [2.05, 4.69) is 5.16 Å². The smallest absolute Gasteiger partial charge is 0.181 e. The first kappa shape index (κ1) is 10.7. The fraction of sp³-hybridized carbons (Fsp3) is 0.200. The van der Waals surface area contributed by atoms with Gasteiger partial charge in [-0.05, 0) is 24.1 Å². The van der Waals surface area contributed by atoms with Gasteiger partial charge in [0.15, 0.2) is 5.78 Å². The van der Waals surface area contributed by atoms with Crippen molar-refractivity contribution >= 4 is 23.6 Å². The van der Waals surface area contributed by atoms with Crippen LogP contribution in [0.1, 0.15) is 11.1 Å². The van der Waals surface area contributed by atoms with Crippen molar-refractivity contribution in [1.82, 2.24) is 0 Å². The van der Waals surface area contributed by atoms with E-state index in [4.69, 9.17) is 16.8 Å². The summed E-state index contributed by atoms with van der Waals surface area (Å²) in [6.45, 7) is 1.85. The highest BCUT2D eigenvalue weighted by atomic mass is 35.5. The molecule has 1 rings (SSSR count). The number of halogens is 1. The molecule has 0 heterocycles. The minimum Gasteiger partial charge on any atom is -0.411 e. The van der Waals surface area contributed by atoms with E-state index in [-0.39, 0.29) is 12.2 Å². The van der Waals surface area contributed by atoms with Gasteiger partial charge in [-0.25, -0.2) is 0 Å². The lowest BCUT2D eigenvalue weighted by atomic mass is 10.0. The van der Waals surface area contributed by atoms with Crippen molar-refractivity contribution in [3.8, 4) is 0 Å². The molecule has 0 bridgehead atoms. The van der Waals surface area contributed by atoms with E-state index in [1.54, 1.807) is 12.1 Å². The van der Waals surface area contributed by atoms with E-state index in [9.17, 15) is 4.79 Å². The zero-order chi connectivity index (χ0) is 10.6. The van der Waals surface area contributed by atoms with Gasteiger partial charge >= 0.3 is 0 Å². The number of ketones is 1. The van der Waals surface area contributed by atoms with Crippen LogP contribution in [0.5, 0.6) is 0 Å². The zero-order valence-electron chi connectivity index (χ0n) is 7.70. The topological polar surface area (TPSA) is 49.7 Å². The molecule has 0 saturated carbocycles. The van der Waals surface area contributed by atoms with Crippen LogP contribution in [0.25, 0.3) is 0 Å². The summed E-state index contributed by atoms with van der Waals surface area (Å²) in [5.41, 5.74) is 1.73. The molecule has 14 heavy (non-hydrogen) atoms. The summed E-state index contributed by atoms with van der Waals surface area (Å²) in [7, 11) is 0. The molecule has 0 aliphatic rings. The van der Waals surface area contributed by atoms with Crippen molar-refractivity contribution in [2.45, 2.75) is 13.3 Å². The number of rotatable bonds is 3. The molecule has 4 heteroatoms. The number of carbonyl (C=O) groups is 1. The molecule has 0 atom stereocenters. The van der Waals surface area contributed by atoms with Gasteiger partial charge in [0.25, 0.3) is 0 Å². The normalized spacial score (nSPS) is 10.7. The Bertz CT molecular complexity index is 374. The number of nitrogens with zero attached hydrogens (tertiary/aromatic N) is 1. The quantitative estimate of drug-likeness (QED) is 0.474. The average molecular weight is 212 g/mol. The number of Topliss-reactive ketones (excluding diaryl/α,β-unsaturated/α-hetero) is 1. The van der Waals surface area contributed by atoms with Crippen LogP contribution in [0.3, 0.4) is 0 Å². The van der Waals surface area contributed by atoms with Crippen LogP contribution in [0.2, 0.25) is 5.02 Å². The van der Waals surface area contributed by atoms with Crippen LogP contribution in [0.15, 0.2) is 23.4 Å². The molecular weight excluding hydrogens is 202 g/mol. The molecule has 0 aromatic heterocycles. The molecule has 0 amide bonds. The predicted octanol–water partition coefficient (Wildman–Crippen LogP) is 2.22. The summed E-state index contributed by atoms with van der Waals surface area (Å²) < 4.78 is 0. The van der Waals surface area contributed by atoms with Gasteiger partial charge < -0.3 is 5.21 Å². The van der Waals surface area contributed by atoms with Gasteiger partial charge in [0, 0.05) is 11.4 Å². The molecule has 1 N–H and O–H groups in total. The molecule has 3 nitrogen and oxygen atoms in total.